The van der Waals surface area contributed by atoms with Crippen molar-refractivity contribution < 1.29 is 18.7 Å². The van der Waals surface area contributed by atoms with Crippen LogP contribution in [0, 0.1) is 11.6 Å². The summed E-state index contributed by atoms with van der Waals surface area (Å²) in [6.07, 6.45) is 0.322. The second-order valence-electron chi connectivity index (χ2n) is 3.57. The van der Waals surface area contributed by atoms with E-state index in [4.69, 9.17) is 5.11 Å². The van der Waals surface area contributed by atoms with Crippen LogP contribution in [0.15, 0.2) is 23.1 Å². The minimum atomic E-state index is -1.14. The van der Waals surface area contributed by atoms with Gasteiger partial charge in [-0.1, -0.05) is 6.92 Å². The fraction of sp³-hybridized carbons (Fsp3) is 0.364. The fourth-order valence-corrected chi connectivity index (χ4v) is 2.12. The first-order valence-corrected chi connectivity index (χ1v) is 5.58. The summed E-state index contributed by atoms with van der Waals surface area (Å²) in [5.41, 5.74) is 0. The van der Waals surface area contributed by atoms with Crippen molar-refractivity contribution in [3.05, 3.63) is 29.8 Å². The molecule has 1 atom stereocenters. The van der Waals surface area contributed by atoms with Gasteiger partial charge in [-0.3, -0.25) is 4.79 Å². The van der Waals surface area contributed by atoms with Crippen LogP contribution in [0.1, 0.15) is 20.3 Å². The normalized spacial score (nSPS) is 14.5. The first kappa shape index (κ1) is 13.0. The Hall–Kier alpha value is -1.10. The molecule has 0 aliphatic heterocycles. The molecule has 0 bridgehead atoms. The van der Waals surface area contributed by atoms with Gasteiger partial charge in [-0.05, 0) is 31.5 Å². The monoisotopic (exact) mass is 246 g/mol. The Bertz CT molecular complexity index is 409. The number of carbonyl (C=O) groups is 1. The van der Waals surface area contributed by atoms with Crippen LogP contribution in [0.5, 0.6) is 0 Å². The summed E-state index contributed by atoms with van der Waals surface area (Å²) < 4.78 is 25.1. The van der Waals surface area contributed by atoms with Gasteiger partial charge in [0.15, 0.2) is 0 Å². The highest BCUT2D eigenvalue weighted by molar-refractivity contribution is 8.01. The Kier molecular flexibility index (Phi) is 3.91. The number of benzene rings is 1. The Morgan fingerprint density at radius 1 is 1.50 bits per heavy atom. The van der Waals surface area contributed by atoms with Crippen LogP contribution >= 0.6 is 11.8 Å². The van der Waals surface area contributed by atoms with Gasteiger partial charge in [-0.25, -0.2) is 8.78 Å². The summed E-state index contributed by atoms with van der Waals surface area (Å²) in [5, 5.41) is 9.02. The number of thioether (sulfide) groups is 1. The molecule has 0 aromatic heterocycles. The molecular formula is C11H12F2O2S. The highest BCUT2D eigenvalue weighted by Crippen LogP contribution is 2.37. The average Bonchev–Trinajstić information content (AvgIpc) is 2.23. The summed E-state index contributed by atoms with van der Waals surface area (Å²) in [7, 11) is 0. The third-order valence-corrected chi connectivity index (χ3v) is 3.80. The second-order valence-corrected chi connectivity index (χ2v) is 5.11. The molecular weight excluding hydrogens is 234 g/mol. The van der Waals surface area contributed by atoms with Crippen molar-refractivity contribution >= 4 is 17.7 Å². The van der Waals surface area contributed by atoms with E-state index in [1.807, 2.05) is 0 Å². The summed E-state index contributed by atoms with van der Waals surface area (Å²) in [6.45, 7) is 3.18. The molecule has 1 aromatic carbocycles. The molecule has 0 aliphatic rings. The van der Waals surface area contributed by atoms with Crippen LogP contribution in [-0.2, 0) is 4.79 Å². The molecule has 2 nitrogen and oxygen atoms in total. The number of rotatable bonds is 4. The minimum Gasteiger partial charge on any atom is -0.480 e. The lowest BCUT2D eigenvalue weighted by molar-refractivity contribution is -0.139. The van der Waals surface area contributed by atoms with Crippen molar-refractivity contribution in [2.75, 3.05) is 0 Å². The third-order valence-electron chi connectivity index (χ3n) is 2.36. The summed E-state index contributed by atoms with van der Waals surface area (Å²) in [5.74, 6) is -2.22. The van der Waals surface area contributed by atoms with E-state index in [0.717, 1.165) is 30.0 Å². The largest absolute Gasteiger partial charge is 0.480 e. The number of hydrogen-bond donors (Lipinski definition) is 1. The van der Waals surface area contributed by atoms with Gasteiger partial charge in [0.25, 0.3) is 0 Å². The maximum atomic E-state index is 13.3. The second kappa shape index (κ2) is 4.82. The van der Waals surface area contributed by atoms with E-state index in [-0.39, 0.29) is 4.90 Å². The lowest BCUT2D eigenvalue weighted by atomic mass is 10.1. The molecule has 0 amide bonds. The predicted octanol–water partition coefficient (Wildman–Crippen LogP) is 3.31. The Labute approximate surface area is 96.7 Å². The van der Waals surface area contributed by atoms with Gasteiger partial charge < -0.3 is 5.11 Å². The smallest absolute Gasteiger partial charge is 0.319 e. The van der Waals surface area contributed by atoms with Crippen molar-refractivity contribution in [3.63, 3.8) is 0 Å². The molecule has 0 heterocycles. The Morgan fingerprint density at radius 2 is 2.12 bits per heavy atom. The maximum absolute atomic E-state index is 13.3. The molecule has 0 saturated heterocycles. The minimum absolute atomic E-state index is 0.0201. The van der Waals surface area contributed by atoms with Crippen molar-refractivity contribution in [1.29, 1.82) is 0 Å². The molecule has 0 aliphatic carbocycles. The quantitative estimate of drug-likeness (QED) is 0.828. The molecule has 16 heavy (non-hydrogen) atoms. The zero-order valence-electron chi connectivity index (χ0n) is 8.96. The van der Waals surface area contributed by atoms with Gasteiger partial charge in [-0.15, -0.1) is 11.8 Å². The lowest BCUT2D eigenvalue weighted by Crippen LogP contribution is -2.30. The first-order valence-electron chi connectivity index (χ1n) is 4.76. The highest BCUT2D eigenvalue weighted by Gasteiger charge is 2.33. The zero-order chi connectivity index (χ0) is 12.3. The average molecular weight is 246 g/mol. The number of hydrogen-bond acceptors (Lipinski definition) is 2. The van der Waals surface area contributed by atoms with E-state index >= 15 is 0 Å². The van der Waals surface area contributed by atoms with Crippen LogP contribution in [0.4, 0.5) is 8.78 Å². The van der Waals surface area contributed by atoms with Gasteiger partial charge in [0.2, 0.25) is 0 Å². The zero-order valence-corrected chi connectivity index (χ0v) is 9.78. The van der Waals surface area contributed by atoms with E-state index in [2.05, 4.69) is 0 Å². The topological polar surface area (TPSA) is 37.3 Å². The molecule has 0 radical (unpaired) electrons. The van der Waals surface area contributed by atoms with Crippen molar-refractivity contribution in [2.24, 2.45) is 0 Å². The highest BCUT2D eigenvalue weighted by atomic mass is 32.2. The predicted molar refractivity (Wildman–Crippen MR) is 58.5 cm³/mol. The van der Waals surface area contributed by atoms with Crippen molar-refractivity contribution in [2.45, 2.75) is 29.9 Å². The van der Waals surface area contributed by atoms with Crippen molar-refractivity contribution in [3.8, 4) is 0 Å². The van der Waals surface area contributed by atoms with Crippen LogP contribution < -0.4 is 0 Å². The van der Waals surface area contributed by atoms with E-state index in [1.165, 1.54) is 6.92 Å². The molecule has 0 fully saturated rings. The van der Waals surface area contributed by atoms with Gasteiger partial charge in [-0.2, -0.15) is 0 Å². The molecule has 88 valence electrons. The summed E-state index contributed by atoms with van der Waals surface area (Å²) in [6, 6.07) is 3.01. The Balaban J connectivity index is 3.03. The first-order chi connectivity index (χ1) is 7.39. The Morgan fingerprint density at radius 3 is 2.62 bits per heavy atom. The third kappa shape index (κ3) is 2.72. The fourth-order valence-electron chi connectivity index (χ4n) is 1.07. The number of carboxylic acids is 1. The molecule has 1 rings (SSSR count). The number of halogens is 2. The summed E-state index contributed by atoms with van der Waals surface area (Å²) in [4.78, 5) is 11.0. The molecule has 0 spiro atoms. The van der Waals surface area contributed by atoms with Crippen LogP contribution in [0.2, 0.25) is 0 Å². The lowest BCUT2D eigenvalue weighted by Gasteiger charge is -2.22. The standard InChI is InChI=1S/C11H12F2O2S/c1-3-11(2,10(14)15)16-9-6-7(12)4-5-8(9)13/h4-6H,3H2,1-2H3,(H,14,15). The SMILES string of the molecule is CCC(C)(Sc1cc(F)ccc1F)C(=O)O. The van der Waals surface area contributed by atoms with E-state index < -0.39 is 22.4 Å². The number of carboxylic acid groups (broad SMARTS) is 1. The van der Waals surface area contributed by atoms with Gasteiger partial charge in [0.05, 0.1) is 0 Å². The van der Waals surface area contributed by atoms with Crippen LogP contribution in [0.3, 0.4) is 0 Å². The van der Waals surface area contributed by atoms with E-state index in [0.29, 0.717) is 6.42 Å². The van der Waals surface area contributed by atoms with E-state index in [1.54, 1.807) is 6.92 Å². The molecule has 5 heteroatoms. The van der Waals surface area contributed by atoms with Crippen LogP contribution in [-0.4, -0.2) is 15.8 Å². The van der Waals surface area contributed by atoms with Gasteiger partial charge in [0, 0.05) is 4.90 Å². The molecule has 1 aromatic rings. The molecule has 0 saturated carbocycles. The molecule has 1 unspecified atom stereocenters. The number of aliphatic carboxylic acids is 1. The van der Waals surface area contributed by atoms with Gasteiger partial charge in [0.1, 0.15) is 16.4 Å². The summed E-state index contributed by atoms with van der Waals surface area (Å²) >= 11 is 0.825. The van der Waals surface area contributed by atoms with E-state index in [9.17, 15) is 13.6 Å². The van der Waals surface area contributed by atoms with Crippen LogP contribution in [0.25, 0.3) is 0 Å². The van der Waals surface area contributed by atoms with Gasteiger partial charge >= 0.3 is 5.97 Å². The molecule has 1 N–H and O–H groups in total. The maximum Gasteiger partial charge on any atom is 0.319 e. The van der Waals surface area contributed by atoms with Crippen molar-refractivity contribution in [1.82, 2.24) is 0 Å².